The molecule has 1 aliphatic rings. The zero-order valence-corrected chi connectivity index (χ0v) is 19.6. The molecule has 3 heterocycles. The number of benzene rings is 1. The van der Waals surface area contributed by atoms with Gasteiger partial charge in [-0.3, -0.25) is 14.2 Å². The summed E-state index contributed by atoms with van der Waals surface area (Å²) in [6, 6.07) is 13.3. The number of aromatic nitrogens is 2. The van der Waals surface area contributed by atoms with Gasteiger partial charge in [0.2, 0.25) is 0 Å². The molecule has 5 rings (SSSR count). The Bertz CT molecular complexity index is 1340. The molecule has 4 aromatic rings. The van der Waals surface area contributed by atoms with Gasteiger partial charge >= 0.3 is 0 Å². The van der Waals surface area contributed by atoms with Crippen LogP contribution in [0.3, 0.4) is 0 Å². The number of aryl methyl sites for hydroxylation is 2. The van der Waals surface area contributed by atoms with Crippen LogP contribution >= 0.6 is 34.4 Å². The Hall–Kier alpha value is -2.75. The first kappa shape index (κ1) is 21.1. The molecular formula is C23H20N4O2S3. The standard InChI is InChI=1S/C23H20N4O2S3/c28-19(26-24-13-16-9-6-12-30-16)14-31-23-25-21-20(17-10-4-5-11-18(17)32-21)22(29)27(23)15-7-2-1-3-8-15/h1-3,6-9,12-13H,4-5,10-11,14H2,(H,26,28). The highest BCUT2D eigenvalue weighted by molar-refractivity contribution is 7.99. The van der Waals surface area contributed by atoms with Crippen molar-refractivity contribution in [1.29, 1.82) is 0 Å². The number of hydrazone groups is 1. The number of thiophene rings is 2. The third-order valence-corrected chi connectivity index (χ3v) is 8.16. The van der Waals surface area contributed by atoms with E-state index in [1.807, 2.05) is 47.8 Å². The first-order chi connectivity index (χ1) is 15.7. The molecule has 0 aliphatic heterocycles. The SMILES string of the molecule is O=C(CSc1nc2sc3c(c2c(=O)n1-c1ccccc1)CCCC3)NN=Cc1cccs1. The van der Waals surface area contributed by atoms with Crippen molar-refractivity contribution in [3.8, 4) is 5.69 Å². The lowest BCUT2D eigenvalue weighted by Gasteiger charge is -2.13. The van der Waals surface area contributed by atoms with E-state index >= 15 is 0 Å². The summed E-state index contributed by atoms with van der Waals surface area (Å²) in [5.74, 6) is -0.139. The molecule has 0 saturated heterocycles. The average Bonchev–Trinajstić information content (AvgIpc) is 3.46. The van der Waals surface area contributed by atoms with Crippen LogP contribution in [0.2, 0.25) is 0 Å². The maximum absolute atomic E-state index is 13.6. The molecular weight excluding hydrogens is 460 g/mol. The number of thioether (sulfide) groups is 1. The number of hydrogen-bond donors (Lipinski definition) is 1. The quantitative estimate of drug-likeness (QED) is 0.189. The summed E-state index contributed by atoms with van der Waals surface area (Å²) >= 11 is 4.41. The number of fused-ring (bicyclic) bond motifs is 3. The predicted octanol–water partition coefficient (Wildman–Crippen LogP) is 4.63. The molecule has 1 aliphatic carbocycles. The van der Waals surface area contributed by atoms with Gasteiger partial charge in [0.25, 0.3) is 11.5 Å². The molecule has 162 valence electrons. The number of carbonyl (C=O) groups excluding carboxylic acids is 1. The molecule has 1 aromatic carbocycles. The second kappa shape index (κ2) is 9.40. The molecule has 0 bridgehead atoms. The van der Waals surface area contributed by atoms with Gasteiger partial charge < -0.3 is 0 Å². The largest absolute Gasteiger partial charge is 0.272 e. The Kier molecular flexibility index (Phi) is 6.20. The molecule has 0 saturated carbocycles. The van der Waals surface area contributed by atoms with Gasteiger partial charge in [-0.05, 0) is 54.8 Å². The normalized spacial score (nSPS) is 13.5. The van der Waals surface area contributed by atoms with Crippen molar-refractivity contribution in [2.45, 2.75) is 30.8 Å². The highest BCUT2D eigenvalue weighted by Gasteiger charge is 2.23. The van der Waals surface area contributed by atoms with Gasteiger partial charge in [-0.15, -0.1) is 22.7 Å². The molecule has 0 spiro atoms. The van der Waals surface area contributed by atoms with Crippen LogP contribution in [-0.4, -0.2) is 27.4 Å². The average molecular weight is 481 g/mol. The van der Waals surface area contributed by atoms with E-state index < -0.39 is 0 Å². The minimum atomic E-state index is -0.248. The van der Waals surface area contributed by atoms with Crippen molar-refractivity contribution in [1.82, 2.24) is 15.0 Å². The molecule has 0 fully saturated rings. The lowest BCUT2D eigenvalue weighted by atomic mass is 9.97. The number of hydrogen-bond acceptors (Lipinski definition) is 7. The van der Waals surface area contributed by atoms with Crippen molar-refractivity contribution in [3.63, 3.8) is 0 Å². The van der Waals surface area contributed by atoms with Crippen molar-refractivity contribution >= 4 is 56.8 Å². The van der Waals surface area contributed by atoms with Gasteiger partial charge in [0.15, 0.2) is 5.16 Å². The van der Waals surface area contributed by atoms with E-state index in [1.165, 1.54) is 16.6 Å². The maximum atomic E-state index is 13.6. The monoisotopic (exact) mass is 480 g/mol. The molecule has 1 amide bonds. The Morgan fingerprint density at radius 3 is 2.84 bits per heavy atom. The fourth-order valence-corrected chi connectivity index (χ4v) is 6.48. The van der Waals surface area contributed by atoms with E-state index in [-0.39, 0.29) is 17.2 Å². The van der Waals surface area contributed by atoms with Crippen LogP contribution in [0.5, 0.6) is 0 Å². The number of carbonyl (C=O) groups is 1. The predicted molar refractivity (Wildman–Crippen MR) is 133 cm³/mol. The van der Waals surface area contributed by atoms with Crippen molar-refractivity contribution < 1.29 is 4.79 Å². The van der Waals surface area contributed by atoms with Crippen LogP contribution in [0.1, 0.15) is 28.2 Å². The van der Waals surface area contributed by atoms with Gasteiger partial charge in [-0.25, -0.2) is 10.4 Å². The van der Waals surface area contributed by atoms with E-state index in [0.717, 1.165) is 52.0 Å². The topological polar surface area (TPSA) is 76.3 Å². The Morgan fingerprint density at radius 1 is 1.19 bits per heavy atom. The number of para-hydroxylation sites is 1. The molecule has 0 atom stereocenters. The fraction of sp³-hybridized carbons (Fsp3) is 0.217. The van der Waals surface area contributed by atoms with Gasteiger partial charge in [0.1, 0.15) is 4.83 Å². The smallest absolute Gasteiger partial charge is 0.267 e. The molecule has 1 N–H and O–H groups in total. The molecule has 9 heteroatoms. The Morgan fingerprint density at radius 2 is 2.03 bits per heavy atom. The Balaban J connectivity index is 1.46. The van der Waals surface area contributed by atoms with Crippen LogP contribution in [0.15, 0.2) is 62.9 Å². The highest BCUT2D eigenvalue weighted by atomic mass is 32.2. The molecule has 0 unspecified atom stereocenters. The molecule has 32 heavy (non-hydrogen) atoms. The van der Waals surface area contributed by atoms with E-state index in [0.29, 0.717) is 5.16 Å². The van der Waals surface area contributed by atoms with Crippen LogP contribution in [0.25, 0.3) is 15.9 Å². The molecule has 0 radical (unpaired) electrons. The summed E-state index contributed by atoms with van der Waals surface area (Å²) in [5, 5.41) is 7.21. The van der Waals surface area contributed by atoms with Crippen LogP contribution < -0.4 is 11.0 Å². The van der Waals surface area contributed by atoms with E-state index in [9.17, 15) is 9.59 Å². The maximum Gasteiger partial charge on any atom is 0.267 e. The van der Waals surface area contributed by atoms with E-state index in [4.69, 9.17) is 4.98 Å². The van der Waals surface area contributed by atoms with Crippen molar-refractivity contribution in [2.75, 3.05) is 5.75 Å². The van der Waals surface area contributed by atoms with Crippen molar-refractivity contribution in [2.24, 2.45) is 5.10 Å². The van der Waals surface area contributed by atoms with Gasteiger partial charge in [0, 0.05) is 9.75 Å². The zero-order chi connectivity index (χ0) is 21.9. The fourth-order valence-electron chi connectivity index (χ4n) is 3.78. The molecule has 6 nitrogen and oxygen atoms in total. The number of rotatable bonds is 6. The number of amides is 1. The Labute approximate surface area is 197 Å². The van der Waals surface area contributed by atoms with Gasteiger partial charge in [-0.1, -0.05) is 36.0 Å². The number of nitrogens with zero attached hydrogens (tertiary/aromatic N) is 3. The van der Waals surface area contributed by atoms with E-state index in [2.05, 4.69) is 10.5 Å². The minimum absolute atomic E-state index is 0.0563. The second-order valence-electron chi connectivity index (χ2n) is 7.36. The zero-order valence-electron chi connectivity index (χ0n) is 17.1. The van der Waals surface area contributed by atoms with Crippen LogP contribution in [0.4, 0.5) is 0 Å². The summed E-state index contributed by atoms with van der Waals surface area (Å²) in [7, 11) is 0. The molecule has 3 aromatic heterocycles. The first-order valence-electron chi connectivity index (χ1n) is 10.3. The summed E-state index contributed by atoms with van der Waals surface area (Å²) in [5.41, 5.74) is 4.40. The van der Waals surface area contributed by atoms with Gasteiger partial charge in [0.05, 0.1) is 23.0 Å². The number of nitrogens with one attached hydrogen (secondary N) is 1. The third-order valence-electron chi connectivity index (χ3n) is 5.23. The lowest BCUT2D eigenvalue weighted by molar-refractivity contribution is -0.118. The van der Waals surface area contributed by atoms with Crippen molar-refractivity contribution in [3.05, 3.63) is 73.5 Å². The van der Waals surface area contributed by atoms with Gasteiger partial charge in [-0.2, -0.15) is 5.10 Å². The summed E-state index contributed by atoms with van der Waals surface area (Å²) in [6.45, 7) is 0. The summed E-state index contributed by atoms with van der Waals surface area (Å²) in [4.78, 5) is 33.8. The second-order valence-corrected chi connectivity index (χ2v) is 10.4. The summed E-state index contributed by atoms with van der Waals surface area (Å²) in [6.07, 6.45) is 5.81. The van der Waals surface area contributed by atoms with Crippen LogP contribution in [-0.2, 0) is 17.6 Å². The summed E-state index contributed by atoms with van der Waals surface area (Å²) < 4.78 is 1.64. The van der Waals surface area contributed by atoms with E-state index in [1.54, 1.807) is 33.5 Å². The highest BCUT2D eigenvalue weighted by Crippen LogP contribution is 2.35. The minimum Gasteiger partial charge on any atom is -0.272 e. The lowest BCUT2D eigenvalue weighted by Crippen LogP contribution is -2.24. The first-order valence-corrected chi connectivity index (χ1v) is 13.0. The third kappa shape index (κ3) is 4.28. The van der Waals surface area contributed by atoms with Crippen LogP contribution in [0, 0.1) is 0 Å².